The molecule has 1 aromatic carbocycles. The zero-order valence-electron chi connectivity index (χ0n) is 12.2. The lowest BCUT2D eigenvalue weighted by Crippen LogP contribution is -1.96. The molecule has 116 valence electrons. The first-order valence-corrected chi connectivity index (χ1v) is 6.70. The minimum atomic E-state index is -0.536. The average Bonchev–Trinajstić information content (AvgIpc) is 2.94. The SMILES string of the molecule is Cn1cc(-c2cc(Oc3ccc([N+](=O)[O-])c(N)c3)ccn2)cn1. The molecule has 0 spiro atoms. The van der Waals surface area contributed by atoms with Crippen molar-refractivity contribution in [3.05, 3.63) is 59.0 Å². The molecule has 0 bridgehead atoms. The van der Waals surface area contributed by atoms with E-state index in [2.05, 4.69) is 10.1 Å². The summed E-state index contributed by atoms with van der Waals surface area (Å²) in [6.45, 7) is 0. The van der Waals surface area contributed by atoms with Gasteiger partial charge in [0.1, 0.15) is 17.2 Å². The van der Waals surface area contributed by atoms with E-state index >= 15 is 0 Å². The van der Waals surface area contributed by atoms with Crippen LogP contribution in [0.15, 0.2) is 48.9 Å². The van der Waals surface area contributed by atoms with E-state index in [4.69, 9.17) is 10.5 Å². The Labute approximate surface area is 131 Å². The summed E-state index contributed by atoms with van der Waals surface area (Å²) in [6.07, 6.45) is 5.17. The summed E-state index contributed by atoms with van der Waals surface area (Å²) in [5.41, 5.74) is 7.13. The molecule has 0 saturated heterocycles. The van der Waals surface area contributed by atoms with Gasteiger partial charge in [-0.25, -0.2) is 0 Å². The molecule has 23 heavy (non-hydrogen) atoms. The van der Waals surface area contributed by atoms with Crippen molar-refractivity contribution in [1.29, 1.82) is 0 Å². The lowest BCUT2D eigenvalue weighted by Gasteiger charge is -2.07. The van der Waals surface area contributed by atoms with E-state index in [0.29, 0.717) is 17.2 Å². The zero-order valence-corrected chi connectivity index (χ0v) is 12.2. The van der Waals surface area contributed by atoms with Gasteiger partial charge in [0.05, 0.1) is 16.8 Å². The highest BCUT2D eigenvalue weighted by Crippen LogP contribution is 2.30. The van der Waals surface area contributed by atoms with Crippen LogP contribution in [-0.4, -0.2) is 19.7 Å². The Bertz CT molecular complexity index is 875. The Morgan fingerprint density at radius 3 is 2.70 bits per heavy atom. The number of rotatable bonds is 4. The Balaban J connectivity index is 1.86. The van der Waals surface area contributed by atoms with Crippen molar-refractivity contribution in [2.24, 2.45) is 7.05 Å². The van der Waals surface area contributed by atoms with E-state index < -0.39 is 4.92 Å². The number of nitro benzene ring substituents is 1. The second-order valence-corrected chi connectivity index (χ2v) is 4.86. The number of hydrogen-bond acceptors (Lipinski definition) is 6. The summed E-state index contributed by atoms with van der Waals surface area (Å²) in [4.78, 5) is 14.5. The fourth-order valence-electron chi connectivity index (χ4n) is 2.08. The summed E-state index contributed by atoms with van der Waals surface area (Å²) in [5.74, 6) is 0.962. The Morgan fingerprint density at radius 1 is 1.26 bits per heavy atom. The Hall–Kier alpha value is -3.42. The third-order valence-corrected chi connectivity index (χ3v) is 3.16. The molecule has 0 atom stereocenters. The molecule has 0 fully saturated rings. The van der Waals surface area contributed by atoms with Crippen LogP contribution in [0, 0.1) is 10.1 Å². The molecule has 0 aliphatic heterocycles. The smallest absolute Gasteiger partial charge is 0.292 e. The van der Waals surface area contributed by atoms with Crippen molar-refractivity contribution in [1.82, 2.24) is 14.8 Å². The van der Waals surface area contributed by atoms with Crippen molar-refractivity contribution in [3.8, 4) is 22.8 Å². The van der Waals surface area contributed by atoms with Gasteiger partial charge in [0.25, 0.3) is 5.69 Å². The number of hydrogen-bond donors (Lipinski definition) is 1. The summed E-state index contributed by atoms with van der Waals surface area (Å²) in [6, 6.07) is 7.68. The van der Waals surface area contributed by atoms with E-state index in [1.165, 1.54) is 18.2 Å². The highest BCUT2D eigenvalue weighted by Gasteiger charge is 2.12. The van der Waals surface area contributed by atoms with Crippen molar-refractivity contribution in [2.45, 2.75) is 0 Å². The summed E-state index contributed by atoms with van der Waals surface area (Å²) >= 11 is 0. The number of nitrogen functional groups attached to an aromatic ring is 1. The van der Waals surface area contributed by atoms with Gasteiger partial charge in [-0.1, -0.05) is 0 Å². The number of pyridine rings is 1. The van der Waals surface area contributed by atoms with Crippen LogP contribution in [0.3, 0.4) is 0 Å². The molecule has 3 aromatic rings. The zero-order chi connectivity index (χ0) is 16.4. The minimum Gasteiger partial charge on any atom is -0.457 e. The van der Waals surface area contributed by atoms with Gasteiger partial charge in [-0.2, -0.15) is 5.10 Å². The van der Waals surface area contributed by atoms with Gasteiger partial charge in [0, 0.05) is 43.2 Å². The summed E-state index contributed by atoms with van der Waals surface area (Å²) in [7, 11) is 1.82. The predicted molar refractivity (Wildman–Crippen MR) is 84.0 cm³/mol. The van der Waals surface area contributed by atoms with Crippen LogP contribution in [0.25, 0.3) is 11.3 Å². The molecule has 0 aliphatic rings. The molecule has 0 amide bonds. The standard InChI is InChI=1S/C15H13N5O3/c1-19-9-10(8-18-19)14-7-12(4-5-17-14)23-11-2-3-15(20(21)22)13(16)6-11/h2-9H,16H2,1H3. The summed E-state index contributed by atoms with van der Waals surface area (Å²) in [5, 5.41) is 14.9. The molecule has 8 nitrogen and oxygen atoms in total. The molecule has 0 radical (unpaired) electrons. The fraction of sp³-hybridized carbons (Fsp3) is 0.0667. The van der Waals surface area contributed by atoms with E-state index in [-0.39, 0.29) is 11.4 Å². The maximum Gasteiger partial charge on any atom is 0.292 e. The van der Waals surface area contributed by atoms with Crippen LogP contribution >= 0.6 is 0 Å². The van der Waals surface area contributed by atoms with E-state index in [9.17, 15) is 10.1 Å². The maximum absolute atomic E-state index is 10.8. The first kappa shape index (κ1) is 14.5. The molecule has 0 saturated carbocycles. The topological polar surface area (TPSA) is 109 Å². The second-order valence-electron chi connectivity index (χ2n) is 4.86. The van der Waals surface area contributed by atoms with Crippen LogP contribution in [0.4, 0.5) is 11.4 Å². The molecule has 0 unspecified atom stereocenters. The third kappa shape index (κ3) is 3.10. The third-order valence-electron chi connectivity index (χ3n) is 3.16. The number of anilines is 1. The first-order chi connectivity index (χ1) is 11.0. The van der Waals surface area contributed by atoms with Gasteiger partial charge in [0.2, 0.25) is 0 Å². The first-order valence-electron chi connectivity index (χ1n) is 6.70. The van der Waals surface area contributed by atoms with Gasteiger partial charge in [-0.3, -0.25) is 19.8 Å². The van der Waals surface area contributed by atoms with Gasteiger partial charge >= 0.3 is 0 Å². The van der Waals surface area contributed by atoms with Crippen LogP contribution in [0.5, 0.6) is 11.5 Å². The van der Waals surface area contributed by atoms with Crippen molar-refractivity contribution < 1.29 is 9.66 Å². The van der Waals surface area contributed by atoms with Gasteiger partial charge < -0.3 is 10.5 Å². The largest absolute Gasteiger partial charge is 0.457 e. The lowest BCUT2D eigenvalue weighted by molar-refractivity contribution is -0.383. The van der Waals surface area contributed by atoms with Gasteiger partial charge in [-0.05, 0) is 12.1 Å². The molecule has 0 aliphatic carbocycles. The van der Waals surface area contributed by atoms with Gasteiger partial charge in [0.15, 0.2) is 0 Å². The van der Waals surface area contributed by atoms with Crippen LogP contribution in [0.2, 0.25) is 0 Å². The molecule has 2 heterocycles. The van der Waals surface area contributed by atoms with Crippen LogP contribution in [-0.2, 0) is 7.05 Å². The molecular formula is C15H13N5O3. The molecule has 2 N–H and O–H groups in total. The predicted octanol–water partition coefficient (Wildman–Crippen LogP) is 2.76. The normalized spacial score (nSPS) is 10.5. The minimum absolute atomic E-state index is 0.0500. The molecular weight excluding hydrogens is 298 g/mol. The number of nitrogens with two attached hydrogens (primary N) is 1. The number of ether oxygens (including phenoxy) is 1. The molecule has 3 rings (SSSR count). The van der Waals surface area contributed by atoms with E-state index in [1.54, 1.807) is 29.2 Å². The number of nitro groups is 1. The highest BCUT2D eigenvalue weighted by molar-refractivity contribution is 5.62. The maximum atomic E-state index is 10.8. The highest BCUT2D eigenvalue weighted by atomic mass is 16.6. The van der Waals surface area contributed by atoms with Crippen LogP contribution in [0.1, 0.15) is 0 Å². The van der Waals surface area contributed by atoms with Gasteiger partial charge in [-0.15, -0.1) is 0 Å². The molecule has 8 heteroatoms. The van der Waals surface area contributed by atoms with Crippen molar-refractivity contribution in [2.75, 3.05) is 5.73 Å². The van der Waals surface area contributed by atoms with E-state index in [1.807, 2.05) is 13.2 Å². The Morgan fingerprint density at radius 2 is 2.04 bits per heavy atom. The molecule has 2 aromatic heterocycles. The van der Waals surface area contributed by atoms with Crippen molar-refractivity contribution in [3.63, 3.8) is 0 Å². The number of aromatic nitrogens is 3. The van der Waals surface area contributed by atoms with E-state index in [0.717, 1.165) is 5.56 Å². The monoisotopic (exact) mass is 311 g/mol. The quantitative estimate of drug-likeness (QED) is 0.451. The lowest BCUT2D eigenvalue weighted by atomic mass is 10.2. The fourth-order valence-corrected chi connectivity index (χ4v) is 2.08. The average molecular weight is 311 g/mol. The van der Waals surface area contributed by atoms with Crippen molar-refractivity contribution >= 4 is 11.4 Å². The number of nitrogens with zero attached hydrogens (tertiary/aromatic N) is 4. The summed E-state index contributed by atoms with van der Waals surface area (Å²) < 4.78 is 7.38. The van der Waals surface area contributed by atoms with Crippen LogP contribution < -0.4 is 10.5 Å². The number of benzene rings is 1. The number of aryl methyl sites for hydroxylation is 1. The Kier molecular flexibility index (Phi) is 3.63. The second kappa shape index (κ2) is 5.76.